The van der Waals surface area contributed by atoms with E-state index in [1.807, 2.05) is 18.2 Å². The molecule has 1 nitrogen and oxygen atoms in total. The highest BCUT2D eigenvalue weighted by molar-refractivity contribution is 6.36. The van der Waals surface area contributed by atoms with Gasteiger partial charge in [0.2, 0.25) is 0 Å². The van der Waals surface area contributed by atoms with Gasteiger partial charge >= 0.3 is 0 Å². The summed E-state index contributed by atoms with van der Waals surface area (Å²) < 4.78 is 0. The largest absolute Gasteiger partial charge is 0.298 e. The number of hydrogen-bond donors (Lipinski definition) is 0. The van der Waals surface area contributed by atoms with Crippen molar-refractivity contribution in [3.63, 3.8) is 0 Å². The van der Waals surface area contributed by atoms with Gasteiger partial charge in [0.1, 0.15) is 5.38 Å². The second-order valence-corrected chi connectivity index (χ2v) is 8.19. The lowest BCUT2D eigenvalue weighted by Crippen LogP contribution is -2.07. The number of alkyl halides is 1. The fourth-order valence-electron chi connectivity index (χ4n) is 3.30. The Kier molecular flexibility index (Phi) is 14.0. The molecule has 0 radical (unpaired) electrons. The van der Waals surface area contributed by atoms with Gasteiger partial charge in [0, 0.05) is 11.4 Å². The lowest BCUT2D eigenvalue weighted by Gasteiger charge is -2.10. The number of unbranched alkanes of at least 4 members (excludes halogenated alkanes) is 12. The van der Waals surface area contributed by atoms with Crippen LogP contribution in [0.4, 0.5) is 0 Å². The quantitative estimate of drug-likeness (QED) is 0.201. The van der Waals surface area contributed by atoms with Gasteiger partial charge in [0.15, 0.2) is 5.78 Å². The molecule has 1 aromatic rings. The first-order valence-corrected chi connectivity index (χ1v) is 11.4. The third-order valence-corrected chi connectivity index (χ3v) is 5.81. The molecule has 0 aliphatic rings. The lowest BCUT2D eigenvalue weighted by molar-refractivity contribution is -0.118. The molecular weight excluding hydrogens is 363 g/mol. The van der Waals surface area contributed by atoms with E-state index < -0.39 is 5.38 Å². The zero-order chi connectivity index (χ0) is 19.0. The summed E-state index contributed by atoms with van der Waals surface area (Å²) in [7, 11) is 0. The summed E-state index contributed by atoms with van der Waals surface area (Å²) in [6.45, 7) is 2.27. The van der Waals surface area contributed by atoms with Crippen molar-refractivity contribution < 1.29 is 4.79 Å². The molecule has 0 aliphatic carbocycles. The first kappa shape index (κ1) is 23.5. The van der Waals surface area contributed by atoms with E-state index in [1.165, 1.54) is 70.6 Å². The summed E-state index contributed by atoms with van der Waals surface area (Å²) in [6, 6.07) is 7.34. The second-order valence-electron chi connectivity index (χ2n) is 7.34. The van der Waals surface area contributed by atoms with Crippen LogP contribution in [0, 0.1) is 0 Å². The van der Waals surface area contributed by atoms with E-state index in [0.29, 0.717) is 11.4 Å². The lowest BCUT2D eigenvalue weighted by atomic mass is 10.0. The fourth-order valence-corrected chi connectivity index (χ4v) is 3.90. The van der Waals surface area contributed by atoms with Gasteiger partial charge in [-0.3, -0.25) is 4.79 Å². The number of carbonyl (C=O) groups excluding carboxylic acids is 1. The Bertz CT molecular complexity index is 487. The minimum Gasteiger partial charge on any atom is -0.298 e. The molecule has 0 bridgehead atoms. The summed E-state index contributed by atoms with van der Waals surface area (Å²) in [5.74, 6) is 0.0860. The molecule has 148 valence electrons. The third kappa shape index (κ3) is 10.6. The van der Waals surface area contributed by atoms with E-state index in [-0.39, 0.29) is 5.78 Å². The van der Waals surface area contributed by atoms with Crippen LogP contribution in [0.5, 0.6) is 0 Å². The smallest absolute Gasteiger partial charge is 0.155 e. The molecule has 3 heteroatoms. The third-order valence-electron chi connectivity index (χ3n) is 4.99. The molecule has 0 aliphatic heterocycles. The van der Waals surface area contributed by atoms with E-state index in [2.05, 4.69) is 6.92 Å². The van der Waals surface area contributed by atoms with E-state index >= 15 is 0 Å². The number of benzene rings is 1. The van der Waals surface area contributed by atoms with Crippen LogP contribution < -0.4 is 0 Å². The first-order chi connectivity index (χ1) is 12.7. The van der Waals surface area contributed by atoms with Gasteiger partial charge < -0.3 is 0 Å². The molecular formula is C23H36Cl2O. The SMILES string of the molecule is CCCCCCCCCCCCCCCC(=O)C(Cl)c1ccccc1Cl. The van der Waals surface area contributed by atoms with Gasteiger partial charge in [0.05, 0.1) is 0 Å². The molecule has 0 N–H and O–H groups in total. The second kappa shape index (κ2) is 15.5. The van der Waals surface area contributed by atoms with Gasteiger partial charge in [-0.2, -0.15) is 0 Å². The van der Waals surface area contributed by atoms with Gasteiger partial charge in [-0.1, -0.05) is 114 Å². The molecule has 0 fully saturated rings. The van der Waals surface area contributed by atoms with E-state index in [9.17, 15) is 4.79 Å². The van der Waals surface area contributed by atoms with Crippen molar-refractivity contribution >= 4 is 29.0 Å². The monoisotopic (exact) mass is 398 g/mol. The number of rotatable bonds is 16. The summed E-state index contributed by atoms with van der Waals surface area (Å²) in [6.07, 6.45) is 17.6. The Morgan fingerprint density at radius 2 is 1.27 bits per heavy atom. The van der Waals surface area contributed by atoms with Gasteiger partial charge in [-0.15, -0.1) is 11.6 Å². The van der Waals surface area contributed by atoms with E-state index in [4.69, 9.17) is 23.2 Å². The van der Waals surface area contributed by atoms with Crippen LogP contribution >= 0.6 is 23.2 Å². The summed E-state index contributed by atoms with van der Waals surface area (Å²) >= 11 is 12.4. The van der Waals surface area contributed by atoms with Crippen LogP contribution in [0.2, 0.25) is 5.02 Å². The highest BCUT2D eigenvalue weighted by Crippen LogP contribution is 2.29. The van der Waals surface area contributed by atoms with Crippen molar-refractivity contribution in [3.05, 3.63) is 34.9 Å². The van der Waals surface area contributed by atoms with Crippen LogP contribution in [0.15, 0.2) is 24.3 Å². The normalized spacial score (nSPS) is 12.3. The Hall–Kier alpha value is -0.530. The minimum absolute atomic E-state index is 0.0860. The van der Waals surface area contributed by atoms with Gasteiger partial charge in [-0.05, 0) is 18.1 Å². The predicted octanol–water partition coefficient (Wildman–Crippen LogP) is 8.67. The Morgan fingerprint density at radius 1 is 0.808 bits per heavy atom. The van der Waals surface area contributed by atoms with Crippen molar-refractivity contribution in [2.45, 2.75) is 102 Å². The van der Waals surface area contributed by atoms with Crippen molar-refractivity contribution in [2.75, 3.05) is 0 Å². The molecule has 0 saturated heterocycles. The summed E-state index contributed by atoms with van der Waals surface area (Å²) in [5, 5.41) is -0.0350. The Labute approximate surface area is 170 Å². The number of hydrogen-bond acceptors (Lipinski definition) is 1. The highest BCUT2D eigenvalue weighted by atomic mass is 35.5. The maximum Gasteiger partial charge on any atom is 0.155 e. The number of carbonyl (C=O) groups is 1. The minimum atomic E-state index is -0.610. The van der Waals surface area contributed by atoms with Crippen LogP contribution in [-0.4, -0.2) is 5.78 Å². The average molecular weight is 399 g/mol. The van der Waals surface area contributed by atoms with Crippen LogP contribution in [0.3, 0.4) is 0 Å². The Morgan fingerprint density at radius 3 is 1.77 bits per heavy atom. The average Bonchev–Trinajstić information content (AvgIpc) is 2.65. The molecule has 1 rings (SSSR count). The highest BCUT2D eigenvalue weighted by Gasteiger charge is 2.19. The first-order valence-electron chi connectivity index (χ1n) is 10.6. The van der Waals surface area contributed by atoms with Gasteiger partial charge in [-0.25, -0.2) is 0 Å². The van der Waals surface area contributed by atoms with Crippen molar-refractivity contribution in [2.24, 2.45) is 0 Å². The summed E-state index contributed by atoms with van der Waals surface area (Å²) in [4.78, 5) is 12.2. The molecule has 0 heterocycles. The molecule has 1 atom stereocenters. The Balaban J connectivity index is 1.96. The maximum absolute atomic E-state index is 12.2. The van der Waals surface area contributed by atoms with Crippen molar-refractivity contribution in [1.29, 1.82) is 0 Å². The molecule has 26 heavy (non-hydrogen) atoms. The molecule has 0 amide bonds. The molecule has 0 spiro atoms. The maximum atomic E-state index is 12.2. The molecule has 0 aromatic heterocycles. The zero-order valence-corrected chi connectivity index (χ0v) is 18.0. The molecule has 1 aromatic carbocycles. The number of Topliss-reactive ketones (excluding diaryl/α,β-unsaturated/α-hetero) is 1. The number of halogens is 2. The zero-order valence-electron chi connectivity index (χ0n) is 16.5. The molecule has 1 unspecified atom stereocenters. The van der Waals surface area contributed by atoms with Crippen molar-refractivity contribution in [1.82, 2.24) is 0 Å². The topological polar surface area (TPSA) is 17.1 Å². The van der Waals surface area contributed by atoms with Crippen LogP contribution in [0.1, 0.15) is 108 Å². The number of ketones is 1. The van der Waals surface area contributed by atoms with Crippen molar-refractivity contribution in [3.8, 4) is 0 Å². The standard InChI is InChI=1S/C23H36Cl2O/c1-2-3-4-5-6-7-8-9-10-11-12-13-14-19-22(26)23(25)20-17-15-16-18-21(20)24/h15-18,23H,2-14,19H2,1H3. The van der Waals surface area contributed by atoms with Gasteiger partial charge in [0.25, 0.3) is 0 Å². The van der Waals surface area contributed by atoms with E-state index in [1.54, 1.807) is 6.07 Å². The fraction of sp³-hybridized carbons (Fsp3) is 0.696. The van der Waals surface area contributed by atoms with Crippen LogP contribution in [-0.2, 0) is 4.79 Å². The predicted molar refractivity (Wildman–Crippen MR) is 115 cm³/mol. The van der Waals surface area contributed by atoms with E-state index in [0.717, 1.165) is 18.4 Å². The molecule has 0 saturated carbocycles. The summed E-state index contributed by atoms with van der Waals surface area (Å²) in [5.41, 5.74) is 0.732. The van der Waals surface area contributed by atoms with Crippen LogP contribution in [0.25, 0.3) is 0 Å².